The minimum atomic E-state index is -0.589. The molecule has 2 rings (SSSR count). The maximum absolute atomic E-state index is 14.0. The fraction of sp³-hybridized carbons (Fsp3) is 0.562. The zero-order chi connectivity index (χ0) is 15.7. The highest BCUT2D eigenvalue weighted by molar-refractivity contribution is 5.84. The van der Waals surface area contributed by atoms with Gasteiger partial charge in [-0.1, -0.05) is 6.07 Å². The van der Waals surface area contributed by atoms with Crippen molar-refractivity contribution >= 4 is 11.8 Å². The van der Waals surface area contributed by atoms with Crippen LogP contribution in [0.25, 0.3) is 0 Å². The summed E-state index contributed by atoms with van der Waals surface area (Å²) in [7, 11) is 0. The third kappa shape index (κ3) is 5.01. The molecule has 1 aliphatic rings. The lowest BCUT2D eigenvalue weighted by Gasteiger charge is -2.19. The second-order valence-electron chi connectivity index (χ2n) is 6.80. The quantitative estimate of drug-likeness (QED) is 0.891. The average molecular weight is 294 g/mol. The molecule has 1 saturated carbocycles. The van der Waals surface area contributed by atoms with Crippen molar-refractivity contribution in [1.29, 1.82) is 0 Å². The highest BCUT2D eigenvalue weighted by Gasteiger charge is 2.37. The molecule has 0 saturated heterocycles. The van der Waals surface area contributed by atoms with Crippen molar-refractivity contribution in [2.75, 3.05) is 5.32 Å². The van der Waals surface area contributed by atoms with Crippen LogP contribution in [0.2, 0.25) is 0 Å². The van der Waals surface area contributed by atoms with E-state index in [9.17, 15) is 9.18 Å². The first kappa shape index (κ1) is 15.8. The SMILES string of the molecule is CC(C)(C)OC(=O)Nc1ccc(CCC2(N)CC2)c(F)c1. The number of ether oxygens (including phenoxy) is 1. The molecule has 0 heterocycles. The van der Waals surface area contributed by atoms with Crippen LogP contribution in [0.1, 0.15) is 45.6 Å². The predicted octanol–water partition coefficient (Wildman–Crippen LogP) is 3.60. The first-order valence-corrected chi connectivity index (χ1v) is 7.24. The monoisotopic (exact) mass is 294 g/mol. The zero-order valence-corrected chi connectivity index (χ0v) is 12.8. The van der Waals surface area contributed by atoms with Gasteiger partial charge in [-0.25, -0.2) is 9.18 Å². The van der Waals surface area contributed by atoms with Crippen LogP contribution in [0, 0.1) is 5.82 Å². The van der Waals surface area contributed by atoms with E-state index in [1.807, 2.05) is 0 Å². The van der Waals surface area contributed by atoms with Crippen LogP contribution in [0.15, 0.2) is 18.2 Å². The fourth-order valence-corrected chi connectivity index (χ4v) is 2.04. The van der Waals surface area contributed by atoms with Crippen LogP contribution in [0.3, 0.4) is 0 Å². The minimum absolute atomic E-state index is 0.0835. The lowest BCUT2D eigenvalue weighted by Crippen LogP contribution is -2.27. The number of aryl methyl sites for hydroxylation is 1. The molecule has 0 unspecified atom stereocenters. The number of hydrogen-bond acceptors (Lipinski definition) is 3. The van der Waals surface area contributed by atoms with Gasteiger partial charge in [-0.15, -0.1) is 0 Å². The second kappa shape index (κ2) is 5.64. The molecular formula is C16H23FN2O2. The van der Waals surface area contributed by atoms with Crippen molar-refractivity contribution < 1.29 is 13.9 Å². The molecule has 0 aromatic heterocycles. The summed E-state index contributed by atoms with van der Waals surface area (Å²) in [5.41, 5.74) is 6.35. The Morgan fingerprint density at radius 1 is 1.43 bits per heavy atom. The van der Waals surface area contributed by atoms with Gasteiger partial charge in [-0.2, -0.15) is 0 Å². The van der Waals surface area contributed by atoms with Crippen LogP contribution >= 0.6 is 0 Å². The Labute approximate surface area is 124 Å². The topological polar surface area (TPSA) is 64.3 Å². The number of halogens is 1. The Balaban J connectivity index is 1.93. The number of nitrogens with two attached hydrogens (primary N) is 1. The van der Waals surface area contributed by atoms with Crippen molar-refractivity contribution in [2.45, 2.75) is 57.6 Å². The maximum atomic E-state index is 14.0. The van der Waals surface area contributed by atoms with Crippen molar-refractivity contribution in [3.05, 3.63) is 29.6 Å². The third-order valence-electron chi connectivity index (χ3n) is 3.48. The summed E-state index contributed by atoms with van der Waals surface area (Å²) in [5, 5.41) is 2.53. The lowest BCUT2D eigenvalue weighted by atomic mass is 10.0. The smallest absolute Gasteiger partial charge is 0.412 e. The van der Waals surface area contributed by atoms with Gasteiger partial charge in [0.05, 0.1) is 0 Å². The zero-order valence-electron chi connectivity index (χ0n) is 12.8. The number of carbonyl (C=O) groups is 1. The predicted molar refractivity (Wildman–Crippen MR) is 80.7 cm³/mol. The summed E-state index contributed by atoms with van der Waals surface area (Å²) < 4.78 is 19.1. The van der Waals surface area contributed by atoms with Gasteiger partial charge in [0.25, 0.3) is 0 Å². The Bertz CT molecular complexity index is 534. The number of amides is 1. The van der Waals surface area contributed by atoms with Crippen LogP contribution in [-0.4, -0.2) is 17.2 Å². The molecule has 0 aliphatic heterocycles. The summed E-state index contributed by atoms with van der Waals surface area (Å²) in [5.74, 6) is -0.326. The standard InChI is InChI=1S/C16H23FN2O2/c1-15(2,3)21-14(20)19-12-5-4-11(13(17)10-12)6-7-16(18)8-9-16/h4-5,10H,6-9,18H2,1-3H3,(H,19,20). The Morgan fingerprint density at radius 3 is 2.62 bits per heavy atom. The molecule has 116 valence electrons. The van der Waals surface area contributed by atoms with Gasteiger partial charge < -0.3 is 10.5 Å². The number of anilines is 1. The molecule has 1 fully saturated rings. The van der Waals surface area contributed by atoms with Gasteiger partial charge in [0.2, 0.25) is 0 Å². The number of nitrogens with one attached hydrogen (secondary N) is 1. The van der Waals surface area contributed by atoms with Gasteiger partial charge in [0, 0.05) is 11.2 Å². The molecular weight excluding hydrogens is 271 g/mol. The van der Waals surface area contributed by atoms with Gasteiger partial charge in [0.1, 0.15) is 11.4 Å². The van der Waals surface area contributed by atoms with E-state index in [2.05, 4.69) is 5.32 Å². The van der Waals surface area contributed by atoms with Gasteiger partial charge in [-0.05, 0) is 64.2 Å². The van der Waals surface area contributed by atoms with E-state index >= 15 is 0 Å². The minimum Gasteiger partial charge on any atom is -0.444 e. The van der Waals surface area contributed by atoms with Crippen LogP contribution in [0.5, 0.6) is 0 Å². The second-order valence-corrected chi connectivity index (χ2v) is 6.80. The Morgan fingerprint density at radius 2 is 2.10 bits per heavy atom. The van der Waals surface area contributed by atoms with E-state index in [4.69, 9.17) is 10.5 Å². The Kier molecular flexibility index (Phi) is 4.23. The molecule has 1 aromatic carbocycles. The van der Waals surface area contributed by atoms with Crippen molar-refractivity contribution in [1.82, 2.24) is 0 Å². The molecule has 3 N–H and O–H groups in total. The van der Waals surface area contributed by atoms with E-state index < -0.39 is 11.7 Å². The largest absolute Gasteiger partial charge is 0.444 e. The highest BCUT2D eigenvalue weighted by atomic mass is 19.1. The molecule has 0 spiro atoms. The van der Waals surface area contributed by atoms with E-state index in [1.54, 1.807) is 32.9 Å². The summed E-state index contributed by atoms with van der Waals surface area (Å²) in [6.07, 6.45) is 2.87. The third-order valence-corrected chi connectivity index (χ3v) is 3.48. The maximum Gasteiger partial charge on any atom is 0.412 e. The van der Waals surface area contributed by atoms with E-state index in [0.29, 0.717) is 17.7 Å². The van der Waals surface area contributed by atoms with Gasteiger partial charge in [0.15, 0.2) is 0 Å². The normalized spacial score (nSPS) is 16.4. The first-order valence-electron chi connectivity index (χ1n) is 7.24. The highest BCUT2D eigenvalue weighted by Crippen LogP contribution is 2.36. The summed E-state index contributed by atoms with van der Waals surface area (Å²) in [4.78, 5) is 11.6. The van der Waals surface area contributed by atoms with Crippen LogP contribution in [0.4, 0.5) is 14.9 Å². The summed E-state index contributed by atoms with van der Waals surface area (Å²) >= 11 is 0. The molecule has 5 heteroatoms. The van der Waals surface area contributed by atoms with Crippen LogP contribution < -0.4 is 11.1 Å². The molecule has 1 amide bonds. The van der Waals surface area contributed by atoms with E-state index in [0.717, 1.165) is 19.3 Å². The number of carbonyl (C=O) groups excluding carboxylic acids is 1. The van der Waals surface area contributed by atoms with Crippen molar-refractivity contribution in [3.63, 3.8) is 0 Å². The molecule has 4 nitrogen and oxygen atoms in total. The number of hydrogen-bond donors (Lipinski definition) is 2. The fourth-order valence-electron chi connectivity index (χ4n) is 2.04. The molecule has 1 aliphatic carbocycles. The van der Waals surface area contributed by atoms with E-state index in [-0.39, 0.29) is 11.4 Å². The molecule has 21 heavy (non-hydrogen) atoms. The molecule has 0 atom stereocenters. The van der Waals surface area contributed by atoms with Crippen LogP contribution in [-0.2, 0) is 11.2 Å². The number of benzene rings is 1. The first-order chi connectivity index (χ1) is 9.67. The van der Waals surface area contributed by atoms with Crippen molar-refractivity contribution in [3.8, 4) is 0 Å². The molecule has 1 aromatic rings. The van der Waals surface area contributed by atoms with Crippen molar-refractivity contribution in [2.24, 2.45) is 5.73 Å². The average Bonchev–Trinajstić information content (AvgIpc) is 3.04. The molecule has 0 bridgehead atoms. The van der Waals surface area contributed by atoms with Gasteiger partial charge in [-0.3, -0.25) is 5.32 Å². The summed E-state index contributed by atoms with van der Waals surface area (Å²) in [6, 6.07) is 4.68. The summed E-state index contributed by atoms with van der Waals surface area (Å²) in [6.45, 7) is 5.32. The van der Waals surface area contributed by atoms with Gasteiger partial charge >= 0.3 is 6.09 Å². The van der Waals surface area contributed by atoms with E-state index in [1.165, 1.54) is 6.07 Å². The number of rotatable bonds is 4. The Hall–Kier alpha value is -1.62. The lowest BCUT2D eigenvalue weighted by molar-refractivity contribution is 0.0636. The molecule has 0 radical (unpaired) electrons.